The first-order chi connectivity index (χ1) is 20.2. The van der Waals surface area contributed by atoms with Crippen LogP contribution in [-0.2, 0) is 0 Å². The molecule has 41 heavy (non-hydrogen) atoms. The number of rotatable bonds is 4. The summed E-state index contributed by atoms with van der Waals surface area (Å²) in [4.78, 5) is 9.54. The molecule has 7 aromatic rings. The summed E-state index contributed by atoms with van der Waals surface area (Å²) in [5.74, 6) is 0. The normalized spacial score (nSPS) is 10.9. The number of para-hydroxylation sites is 2. The van der Waals surface area contributed by atoms with Crippen LogP contribution in [0.3, 0.4) is 0 Å². The van der Waals surface area contributed by atoms with Crippen molar-refractivity contribution in [1.82, 2.24) is 9.97 Å². The molecular weight excluding hydrogens is 520 g/mol. The van der Waals surface area contributed by atoms with Gasteiger partial charge in [0.2, 0.25) is 0 Å². The molecule has 2 aromatic heterocycles. The zero-order valence-electron chi connectivity index (χ0n) is 21.7. The second kappa shape index (κ2) is 10.2. The average Bonchev–Trinajstić information content (AvgIpc) is 3.49. The zero-order valence-corrected chi connectivity index (χ0v) is 22.6. The van der Waals surface area contributed by atoms with Crippen LogP contribution in [0.15, 0.2) is 121 Å². The predicted octanol–water partition coefficient (Wildman–Crippen LogP) is 9.26. The fourth-order valence-corrected chi connectivity index (χ4v) is 6.13. The first-order valence-corrected chi connectivity index (χ1v) is 13.9. The van der Waals surface area contributed by atoms with Crippen molar-refractivity contribution in [3.8, 4) is 56.1 Å². The third kappa shape index (κ3) is 4.51. The molecule has 0 fully saturated rings. The van der Waals surface area contributed by atoms with E-state index in [1.54, 1.807) is 23.5 Å². The SMILES string of the molecule is N#Cc1ccc(-c2cc(-c3ccc(-c4cccc5cccnc45)cc3)cc(-c3nc4ccccc4s3)c2)cc1C#N. The van der Waals surface area contributed by atoms with Crippen molar-refractivity contribution in [1.29, 1.82) is 10.5 Å². The lowest BCUT2D eigenvalue weighted by molar-refractivity contribution is 1.41. The van der Waals surface area contributed by atoms with Crippen molar-refractivity contribution in [3.63, 3.8) is 0 Å². The van der Waals surface area contributed by atoms with Gasteiger partial charge in [-0.25, -0.2) is 4.98 Å². The molecule has 0 saturated heterocycles. The molecule has 0 saturated carbocycles. The van der Waals surface area contributed by atoms with Crippen molar-refractivity contribution < 1.29 is 0 Å². The highest BCUT2D eigenvalue weighted by Crippen LogP contribution is 2.37. The fourth-order valence-electron chi connectivity index (χ4n) is 5.17. The molecule has 5 aromatic carbocycles. The lowest BCUT2D eigenvalue weighted by Crippen LogP contribution is -1.89. The Morgan fingerprint density at radius 2 is 1.27 bits per heavy atom. The molecule has 2 heterocycles. The minimum atomic E-state index is 0.366. The van der Waals surface area contributed by atoms with Gasteiger partial charge in [0, 0.05) is 22.7 Å². The summed E-state index contributed by atoms with van der Waals surface area (Å²) in [5.41, 5.74) is 9.85. The van der Waals surface area contributed by atoms with E-state index in [1.807, 2.05) is 36.5 Å². The van der Waals surface area contributed by atoms with Gasteiger partial charge in [0.05, 0.1) is 26.9 Å². The van der Waals surface area contributed by atoms with Crippen LogP contribution in [0.1, 0.15) is 11.1 Å². The monoisotopic (exact) mass is 540 g/mol. The maximum Gasteiger partial charge on any atom is 0.124 e. The van der Waals surface area contributed by atoms with Gasteiger partial charge >= 0.3 is 0 Å². The van der Waals surface area contributed by atoms with E-state index >= 15 is 0 Å². The Bertz CT molecular complexity index is 2140. The number of fused-ring (bicyclic) bond motifs is 2. The summed E-state index contributed by atoms with van der Waals surface area (Å²) in [6, 6.07) is 43.1. The van der Waals surface area contributed by atoms with Gasteiger partial charge in [0.15, 0.2) is 0 Å². The Kier molecular flexibility index (Phi) is 6.06. The molecule has 0 aliphatic heterocycles. The van der Waals surface area contributed by atoms with Crippen molar-refractivity contribution >= 4 is 32.5 Å². The molecular formula is C36H20N4S. The molecule has 0 bridgehead atoms. The Balaban J connectivity index is 1.36. The Hall–Kier alpha value is -5.62. The standard InChI is InChI=1S/C36H20N4S/c37-21-27-15-14-26(17-31(27)22-38)29-18-28(19-30(20-29)36-40-33-8-1-2-9-34(33)41-36)23-10-12-24(13-11-23)32-7-3-5-25-6-4-16-39-35(25)32/h1-20H. The molecule has 4 nitrogen and oxygen atoms in total. The van der Waals surface area contributed by atoms with Crippen LogP contribution >= 0.6 is 11.3 Å². The van der Waals surface area contributed by atoms with Gasteiger partial charge in [0.1, 0.15) is 17.1 Å². The van der Waals surface area contributed by atoms with Crippen LogP contribution in [0, 0.1) is 22.7 Å². The van der Waals surface area contributed by atoms with Crippen molar-refractivity contribution in [3.05, 3.63) is 133 Å². The van der Waals surface area contributed by atoms with E-state index in [-0.39, 0.29) is 0 Å². The molecule has 0 atom stereocenters. The molecule has 0 spiro atoms. The molecule has 0 aliphatic rings. The van der Waals surface area contributed by atoms with E-state index in [0.29, 0.717) is 11.1 Å². The van der Waals surface area contributed by atoms with Gasteiger partial charge in [0.25, 0.3) is 0 Å². The number of aromatic nitrogens is 2. The summed E-state index contributed by atoms with van der Waals surface area (Å²) in [5, 5.41) is 21.1. The summed E-state index contributed by atoms with van der Waals surface area (Å²) in [7, 11) is 0. The molecule has 0 unspecified atom stereocenters. The maximum absolute atomic E-state index is 9.64. The quantitative estimate of drug-likeness (QED) is 0.223. The number of nitrogens with zero attached hydrogens (tertiary/aromatic N) is 4. The lowest BCUT2D eigenvalue weighted by atomic mass is 9.93. The predicted molar refractivity (Wildman–Crippen MR) is 166 cm³/mol. The smallest absolute Gasteiger partial charge is 0.124 e. The molecule has 0 N–H and O–H groups in total. The first-order valence-electron chi connectivity index (χ1n) is 13.1. The molecule has 0 amide bonds. The Morgan fingerprint density at radius 3 is 2.07 bits per heavy atom. The number of thiazole rings is 1. The summed E-state index contributed by atoms with van der Waals surface area (Å²) in [6.45, 7) is 0. The van der Waals surface area contributed by atoms with E-state index in [2.05, 4.69) is 89.9 Å². The van der Waals surface area contributed by atoms with Gasteiger partial charge < -0.3 is 0 Å². The molecule has 190 valence electrons. The van der Waals surface area contributed by atoms with Gasteiger partial charge in [-0.2, -0.15) is 10.5 Å². The summed E-state index contributed by atoms with van der Waals surface area (Å²) < 4.78 is 1.13. The Morgan fingerprint density at radius 1 is 0.561 bits per heavy atom. The third-order valence-corrected chi connectivity index (χ3v) is 8.32. The van der Waals surface area contributed by atoms with Crippen LogP contribution in [0.2, 0.25) is 0 Å². The van der Waals surface area contributed by atoms with Gasteiger partial charge in [-0.05, 0) is 76.3 Å². The maximum atomic E-state index is 9.64. The number of hydrogen-bond donors (Lipinski definition) is 0. The van der Waals surface area contributed by atoms with E-state index in [1.165, 1.54) is 0 Å². The number of benzene rings is 5. The van der Waals surface area contributed by atoms with Crippen molar-refractivity contribution in [2.45, 2.75) is 0 Å². The topological polar surface area (TPSA) is 73.4 Å². The molecule has 5 heteroatoms. The minimum Gasteiger partial charge on any atom is -0.256 e. The molecule has 7 rings (SSSR count). The third-order valence-electron chi connectivity index (χ3n) is 7.23. The van der Waals surface area contributed by atoms with Gasteiger partial charge in [-0.3, -0.25) is 4.98 Å². The van der Waals surface area contributed by atoms with Gasteiger partial charge in [-0.1, -0.05) is 66.7 Å². The van der Waals surface area contributed by atoms with Crippen LogP contribution in [0.25, 0.3) is 65.1 Å². The fraction of sp³-hybridized carbons (Fsp3) is 0. The molecule has 0 aliphatic carbocycles. The molecule has 0 radical (unpaired) electrons. The lowest BCUT2D eigenvalue weighted by Gasteiger charge is -2.11. The van der Waals surface area contributed by atoms with E-state index in [4.69, 9.17) is 4.98 Å². The van der Waals surface area contributed by atoms with Crippen LogP contribution < -0.4 is 0 Å². The van der Waals surface area contributed by atoms with Crippen LogP contribution in [0.4, 0.5) is 0 Å². The van der Waals surface area contributed by atoms with E-state index < -0.39 is 0 Å². The highest BCUT2D eigenvalue weighted by molar-refractivity contribution is 7.21. The highest BCUT2D eigenvalue weighted by atomic mass is 32.1. The zero-order chi connectivity index (χ0) is 27.8. The first kappa shape index (κ1) is 24.4. The second-order valence-electron chi connectivity index (χ2n) is 9.73. The number of nitriles is 2. The highest BCUT2D eigenvalue weighted by Gasteiger charge is 2.13. The summed E-state index contributed by atoms with van der Waals surface area (Å²) in [6.07, 6.45) is 1.83. The van der Waals surface area contributed by atoms with Crippen molar-refractivity contribution in [2.75, 3.05) is 0 Å². The Labute approximate surface area is 241 Å². The number of hydrogen-bond acceptors (Lipinski definition) is 5. The van der Waals surface area contributed by atoms with Crippen LogP contribution in [-0.4, -0.2) is 9.97 Å². The van der Waals surface area contributed by atoms with Gasteiger partial charge in [-0.15, -0.1) is 11.3 Å². The van der Waals surface area contributed by atoms with Crippen molar-refractivity contribution in [2.24, 2.45) is 0 Å². The van der Waals surface area contributed by atoms with E-state index in [0.717, 1.165) is 65.1 Å². The van der Waals surface area contributed by atoms with Crippen LogP contribution in [0.5, 0.6) is 0 Å². The minimum absolute atomic E-state index is 0.366. The average molecular weight is 541 g/mol. The largest absolute Gasteiger partial charge is 0.256 e. The second-order valence-corrected chi connectivity index (χ2v) is 10.8. The number of pyridine rings is 1. The van der Waals surface area contributed by atoms with E-state index in [9.17, 15) is 10.5 Å². The summed E-state index contributed by atoms with van der Waals surface area (Å²) >= 11 is 1.66.